The smallest absolute Gasteiger partial charge is 0.225 e. The average molecular weight is 226 g/mol. The molecule has 0 radical (unpaired) electrons. The molecule has 92 valence electrons. The van der Waals surface area contributed by atoms with Crippen molar-refractivity contribution in [2.24, 2.45) is 0 Å². The molecule has 2 aliphatic rings. The Bertz CT molecular complexity index is 251. The zero-order valence-corrected chi connectivity index (χ0v) is 10.1. The zero-order chi connectivity index (χ0) is 11.5. The van der Waals surface area contributed by atoms with Crippen LogP contribution in [0, 0.1) is 0 Å². The van der Waals surface area contributed by atoms with Crippen LogP contribution >= 0.6 is 0 Å². The molecule has 0 aromatic carbocycles. The van der Waals surface area contributed by atoms with Gasteiger partial charge < -0.3 is 10.0 Å². The second kappa shape index (κ2) is 5.15. The summed E-state index contributed by atoms with van der Waals surface area (Å²) in [4.78, 5) is 15.8. The number of aliphatic hydroxyl groups excluding tert-OH is 1. The van der Waals surface area contributed by atoms with Crippen molar-refractivity contribution in [2.45, 2.75) is 44.8 Å². The van der Waals surface area contributed by atoms with Gasteiger partial charge in [0.1, 0.15) is 0 Å². The van der Waals surface area contributed by atoms with Crippen molar-refractivity contribution in [1.82, 2.24) is 9.80 Å². The van der Waals surface area contributed by atoms with Crippen LogP contribution in [0.15, 0.2) is 0 Å². The Hall–Kier alpha value is -0.610. The highest BCUT2D eigenvalue weighted by Crippen LogP contribution is 2.16. The topological polar surface area (TPSA) is 43.8 Å². The molecular formula is C12H22N2O2. The third-order valence-electron chi connectivity index (χ3n) is 3.69. The van der Waals surface area contributed by atoms with Gasteiger partial charge in [-0.15, -0.1) is 0 Å². The third kappa shape index (κ3) is 2.74. The number of amides is 1. The van der Waals surface area contributed by atoms with E-state index >= 15 is 0 Å². The van der Waals surface area contributed by atoms with Gasteiger partial charge in [0.15, 0.2) is 0 Å². The number of likely N-dealkylation sites (tertiary alicyclic amines) is 2. The van der Waals surface area contributed by atoms with Crippen molar-refractivity contribution in [1.29, 1.82) is 0 Å². The van der Waals surface area contributed by atoms with Crippen LogP contribution in [-0.4, -0.2) is 59.1 Å². The van der Waals surface area contributed by atoms with Gasteiger partial charge in [0.25, 0.3) is 0 Å². The number of rotatable bonds is 3. The molecule has 4 heteroatoms. The van der Waals surface area contributed by atoms with E-state index < -0.39 is 6.10 Å². The van der Waals surface area contributed by atoms with Crippen LogP contribution < -0.4 is 0 Å². The van der Waals surface area contributed by atoms with E-state index in [1.807, 2.05) is 4.90 Å². The molecule has 0 aromatic rings. The largest absolute Gasteiger partial charge is 0.391 e. The van der Waals surface area contributed by atoms with E-state index in [2.05, 4.69) is 11.8 Å². The lowest BCUT2D eigenvalue weighted by atomic mass is 10.1. The van der Waals surface area contributed by atoms with Crippen molar-refractivity contribution in [2.75, 3.05) is 26.2 Å². The summed E-state index contributed by atoms with van der Waals surface area (Å²) in [6.07, 6.45) is 3.76. The van der Waals surface area contributed by atoms with Gasteiger partial charge in [-0.3, -0.25) is 9.69 Å². The fraction of sp³-hybridized carbons (Fsp3) is 0.917. The summed E-state index contributed by atoms with van der Waals surface area (Å²) in [6, 6.07) is 0.426. The molecule has 4 nitrogen and oxygen atoms in total. The van der Waals surface area contributed by atoms with E-state index in [1.165, 1.54) is 19.3 Å². The Kier molecular flexibility index (Phi) is 3.82. The monoisotopic (exact) mass is 226 g/mol. The predicted molar refractivity (Wildman–Crippen MR) is 62.1 cm³/mol. The van der Waals surface area contributed by atoms with Crippen molar-refractivity contribution in [3.8, 4) is 0 Å². The number of nitrogens with zero attached hydrogens (tertiary/aromatic N) is 2. The molecular weight excluding hydrogens is 204 g/mol. The molecule has 2 heterocycles. The summed E-state index contributed by atoms with van der Waals surface area (Å²) in [5, 5.41) is 9.42. The van der Waals surface area contributed by atoms with E-state index in [-0.39, 0.29) is 5.91 Å². The van der Waals surface area contributed by atoms with Gasteiger partial charge in [0.2, 0.25) is 5.91 Å². The molecule has 2 saturated heterocycles. The summed E-state index contributed by atoms with van der Waals surface area (Å²) in [5.41, 5.74) is 0. The van der Waals surface area contributed by atoms with Crippen LogP contribution in [0.2, 0.25) is 0 Å². The predicted octanol–water partition coefficient (Wildman–Crippen LogP) is 0.454. The average Bonchev–Trinajstić information content (AvgIpc) is 2.59. The minimum atomic E-state index is -0.443. The maximum absolute atomic E-state index is 11.6. The maximum Gasteiger partial charge on any atom is 0.225 e. The Balaban J connectivity index is 1.81. The third-order valence-corrected chi connectivity index (χ3v) is 3.69. The van der Waals surface area contributed by atoms with Gasteiger partial charge in [-0.1, -0.05) is 6.42 Å². The zero-order valence-electron chi connectivity index (χ0n) is 10.1. The van der Waals surface area contributed by atoms with Crippen LogP contribution in [0.3, 0.4) is 0 Å². The van der Waals surface area contributed by atoms with E-state index in [1.54, 1.807) is 0 Å². The molecule has 2 rings (SSSR count). The highest BCUT2D eigenvalue weighted by atomic mass is 16.3. The van der Waals surface area contributed by atoms with Gasteiger partial charge in [-0.25, -0.2) is 0 Å². The highest BCUT2D eigenvalue weighted by molar-refractivity contribution is 5.79. The summed E-state index contributed by atoms with van der Waals surface area (Å²) in [7, 11) is 0. The van der Waals surface area contributed by atoms with Crippen LogP contribution in [0.1, 0.15) is 32.6 Å². The molecule has 0 saturated carbocycles. The molecule has 2 aliphatic heterocycles. The molecule has 16 heavy (non-hydrogen) atoms. The van der Waals surface area contributed by atoms with E-state index in [4.69, 9.17) is 0 Å². The molecule has 2 atom stereocenters. The number of aliphatic hydroxyl groups is 1. The standard InChI is InChI=1S/C12H22N2O2/c1-10(13-5-3-2-4-6-13)8-14-9-11(15)7-12(14)16/h10-11,15H,2-9H2,1H3. The number of carbonyl (C=O) groups excluding carboxylic acids is 1. The van der Waals surface area contributed by atoms with Crippen LogP contribution in [0.25, 0.3) is 0 Å². The first kappa shape index (κ1) is 11.9. The Morgan fingerprint density at radius 1 is 1.38 bits per heavy atom. The first-order valence-electron chi connectivity index (χ1n) is 6.36. The quantitative estimate of drug-likeness (QED) is 0.760. The Labute approximate surface area is 97.2 Å². The van der Waals surface area contributed by atoms with E-state index in [0.29, 0.717) is 19.0 Å². The number of piperidine rings is 1. The van der Waals surface area contributed by atoms with Crippen LogP contribution in [0.4, 0.5) is 0 Å². The first-order chi connectivity index (χ1) is 7.66. The van der Waals surface area contributed by atoms with Crippen molar-refractivity contribution < 1.29 is 9.90 Å². The van der Waals surface area contributed by atoms with E-state index in [9.17, 15) is 9.90 Å². The lowest BCUT2D eigenvalue weighted by Crippen LogP contribution is -2.45. The molecule has 1 amide bonds. The normalized spacial score (nSPS) is 29.8. The molecule has 1 N–H and O–H groups in total. The number of β-amino-alcohol motifs (C(OH)–C–C–N with tert-alkyl or cyclic N) is 1. The summed E-state index contributed by atoms with van der Waals surface area (Å²) in [5.74, 6) is 0.108. The fourth-order valence-electron chi connectivity index (χ4n) is 2.72. The lowest BCUT2D eigenvalue weighted by Gasteiger charge is -2.34. The van der Waals surface area contributed by atoms with Crippen molar-refractivity contribution >= 4 is 5.91 Å². The molecule has 0 spiro atoms. The maximum atomic E-state index is 11.6. The summed E-state index contributed by atoms with van der Waals surface area (Å²) in [6.45, 7) is 5.80. The van der Waals surface area contributed by atoms with Gasteiger partial charge in [-0.2, -0.15) is 0 Å². The van der Waals surface area contributed by atoms with E-state index in [0.717, 1.165) is 19.6 Å². The minimum Gasteiger partial charge on any atom is -0.391 e. The number of hydrogen-bond donors (Lipinski definition) is 1. The number of hydrogen-bond acceptors (Lipinski definition) is 3. The molecule has 2 unspecified atom stereocenters. The molecule has 0 bridgehead atoms. The van der Waals surface area contributed by atoms with Crippen LogP contribution in [-0.2, 0) is 4.79 Å². The fourth-order valence-corrected chi connectivity index (χ4v) is 2.72. The van der Waals surface area contributed by atoms with Crippen LogP contribution in [0.5, 0.6) is 0 Å². The SMILES string of the molecule is CC(CN1CC(O)CC1=O)N1CCCCC1. The highest BCUT2D eigenvalue weighted by Gasteiger charge is 2.30. The lowest BCUT2D eigenvalue weighted by molar-refractivity contribution is -0.128. The van der Waals surface area contributed by atoms with Crippen molar-refractivity contribution in [3.63, 3.8) is 0 Å². The molecule has 0 aromatic heterocycles. The Morgan fingerprint density at radius 2 is 2.06 bits per heavy atom. The summed E-state index contributed by atoms with van der Waals surface area (Å²) >= 11 is 0. The van der Waals surface area contributed by atoms with Crippen molar-refractivity contribution in [3.05, 3.63) is 0 Å². The second-order valence-corrected chi connectivity index (χ2v) is 5.10. The molecule has 2 fully saturated rings. The van der Waals surface area contributed by atoms with Gasteiger partial charge in [0, 0.05) is 19.1 Å². The molecule has 0 aliphatic carbocycles. The van der Waals surface area contributed by atoms with Gasteiger partial charge in [-0.05, 0) is 32.9 Å². The van der Waals surface area contributed by atoms with Gasteiger partial charge >= 0.3 is 0 Å². The Morgan fingerprint density at radius 3 is 2.62 bits per heavy atom. The number of carbonyl (C=O) groups is 1. The second-order valence-electron chi connectivity index (χ2n) is 5.10. The first-order valence-corrected chi connectivity index (χ1v) is 6.36. The summed E-state index contributed by atoms with van der Waals surface area (Å²) < 4.78 is 0. The minimum absolute atomic E-state index is 0.108. The van der Waals surface area contributed by atoms with Gasteiger partial charge in [0.05, 0.1) is 12.5 Å².